The maximum atomic E-state index is 13.9. The minimum Gasteiger partial charge on any atom is -0.436 e. The SMILES string of the molecule is O=C(N[C@H]1C[N+]2(CCc3ccc(F)cc3)CCC1CC2)OC(c1cccc(F)c1)c1cccc(F)c1. The first kappa shape index (κ1) is 24.4. The lowest BCUT2D eigenvalue weighted by atomic mass is 9.81. The highest BCUT2D eigenvalue weighted by Gasteiger charge is 2.46. The third kappa shape index (κ3) is 5.57. The van der Waals surface area contributed by atoms with Gasteiger partial charge in [-0.1, -0.05) is 36.4 Å². The maximum absolute atomic E-state index is 13.9. The van der Waals surface area contributed by atoms with E-state index in [1.165, 1.54) is 36.4 Å². The van der Waals surface area contributed by atoms with E-state index in [1.54, 1.807) is 24.3 Å². The Morgan fingerprint density at radius 1 is 0.889 bits per heavy atom. The summed E-state index contributed by atoms with van der Waals surface area (Å²) in [7, 11) is 0. The van der Waals surface area contributed by atoms with Crippen LogP contribution in [0.2, 0.25) is 0 Å². The molecular weight excluding hydrogens is 465 g/mol. The van der Waals surface area contributed by atoms with E-state index in [4.69, 9.17) is 4.74 Å². The number of nitrogens with one attached hydrogen (secondary N) is 1. The number of rotatable bonds is 7. The van der Waals surface area contributed by atoms with E-state index < -0.39 is 23.8 Å². The number of hydrogen-bond acceptors (Lipinski definition) is 2. The lowest BCUT2D eigenvalue weighted by molar-refractivity contribution is -0.943. The van der Waals surface area contributed by atoms with Crippen LogP contribution in [0, 0.1) is 23.4 Å². The predicted octanol–water partition coefficient (Wildman–Crippen LogP) is 5.77. The van der Waals surface area contributed by atoms with Gasteiger partial charge in [0.25, 0.3) is 0 Å². The molecule has 3 saturated heterocycles. The molecule has 0 radical (unpaired) electrons. The van der Waals surface area contributed by atoms with Crippen molar-refractivity contribution in [1.29, 1.82) is 0 Å². The number of nitrogens with zero attached hydrogens (tertiary/aromatic N) is 1. The zero-order valence-corrected chi connectivity index (χ0v) is 20.0. The second-order valence-corrected chi connectivity index (χ2v) is 10.1. The Balaban J connectivity index is 1.27. The molecule has 7 heteroatoms. The van der Waals surface area contributed by atoms with Crippen LogP contribution in [-0.2, 0) is 11.2 Å². The Labute approximate surface area is 209 Å². The summed E-state index contributed by atoms with van der Waals surface area (Å²) in [6.07, 6.45) is 1.36. The molecule has 1 amide bonds. The second-order valence-electron chi connectivity index (χ2n) is 10.1. The van der Waals surface area contributed by atoms with Crippen molar-refractivity contribution < 1.29 is 27.2 Å². The first-order chi connectivity index (χ1) is 17.4. The number of alkyl carbamates (subject to hydrolysis) is 1. The molecule has 1 atom stereocenters. The number of piperidine rings is 3. The molecule has 2 bridgehead atoms. The first-order valence-corrected chi connectivity index (χ1v) is 12.5. The smallest absolute Gasteiger partial charge is 0.408 e. The molecular formula is C29H30F3N2O2+. The normalized spacial score (nSPS) is 23.0. The van der Waals surface area contributed by atoms with Crippen molar-refractivity contribution >= 4 is 6.09 Å². The van der Waals surface area contributed by atoms with Crippen molar-refractivity contribution in [1.82, 2.24) is 5.32 Å². The molecule has 3 aliphatic heterocycles. The molecule has 1 N–H and O–H groups in total. The summed E-state index contributed by atoms with van der Waals surface area (Å²) < 4.78 is 47.8. The molecule has 0 aliphatic carbocycles. The van der Waals surface area contributed by atoms with Crippen molar-refractivity contribution in [2.24, 2.45) is 5.92 Å². The molecule has 3 fully saturated rings. The summed E-state index contributed by atoms with van der Waals surface area (Å²) in [5.74, 6) is -0.766. The Hall–Kier alpha value is -3.32. The van der Waals surface area contributed by atoms with Gasteiger partial charge in [0.2, 0.25) is 0 Å². The summed E-state index contributed by atoms with van der Waals surface area (Å²) in [5.41, 5.74) is 1.98. The molecule has 0 saturated carbocycles. The van der Waals surface area contributed by atoms with Crippen molar-refractivity contribution in [3.05, 3.63) is 107 Å². The fraction of sp³-hybridized carbons (Fsp3) is 0.345. The molecule has 0 aromatic heterocycles. The molecule has 3 heterocycles. The highest BCUT2D eigenvalue weighted by molar-refractivity contribution is 5.68. The Morgan fingerprint density at radius 3 is 2.08 bits per heavy atom. The van der Waals surface area contributed by atoms with E-state index in [2.05, 4.69) is 5.32 Å². The van der Waals surface area contributed by atoms with Crippen LogP contribution in [0.25, 0.3) is 0 Å². The van der Waals surface area contributed by atoms with Crippen molar-refractivity contribution in [2.75, 3.05) is 26.2 Å². The Bertz CT molecular complexity index is 1160. The lowest BCUT2D eigenvalue weighted by Gasteiger charge is -2.52. The summed E-state index contributed by atoms with van der Waals surface area (Å²) in [5, 5.41) is 3.07. The van der Waals surface area contributed by atoms with Gasteiger partial charge in [0.1, 0.15) is 17.5 Å². The average molecular weight is 496 g/mol. The standard InChI is InChI=1S/C29H29F3N2O2/c30-24-9-7-20(8-10-24)11-14-34-15-12-21(13-16-34)27(19-34)33-29(35)36-28(22-3-1-5-25(31)17-22)23-4-2-6-26(32)18-23/h1-10,17-18,21,27-28H,11-16,19H2/p+1/t21?,27-,34?/m0/s1. The van der Waals surface area contributed by atoms with Gasteiger partial charge in [0.15, 0.2) is 6.10 Å². The molecule has 0 unspecified atom stereocenters. The van der Waals surface area contributed by atoms with Crippen LogP contribution in [-0.4, -0.2) is 42.8 Å². The predicted molar refractivity (Wildman–Crippen MR) is 131 cm³/mol. The number of carbonyl (C=O) groups is 1. The summed E-state index contributed by atoms with van der Waals surface area (Å²) in [6.45, 7) is 3.87. The van der Waals surface area contributed by atoms with Gasteiger partial charge in [0.05, 0.1) is 32.2 Å². The molecule has 0 spiro atoms. The highest BCUT2D eigenvalue weighted by Crippen LogP contribution is 2.35. The quantitative estimate of drug-likeness (QED) is 0.423. The Morgan fingerprint density at radius 2 is 1.50 bits per heavy atom. The zero-order valence-electron chi connectivity index (χ0n) is 20.0. The van der Waals surface area contributed by atoms with Gasteiger partial charge >= 0.3 is 6.09 Å². The Kier molecular flexibility index (Phi) is 7.01. The molecule has 188 valence electrons. The number of fused-ring (bicyclic) bond motifs is 3. The van der Waals surface area contributed by atoms with E-state index >= 15 is 0 Å². The number of hydrogen-bond donors (Lipinski definition) is 1. The van der Waals surface area contributed by atoms with E-state index in [9.17, 15) is 18.0 Å². The van der Waals surface area contributed by atoms with Crippen molar-refractivity contribution in [2.45, 2.75) is 31.4 Å². The van der Waals surface area contributed by atoms with Crippen LogP contribution >= 0.6 is 0 Å². The fourth-order valence-electron chi connectivity index (χ4n) is 5.74. The van der Waals surface area contributed by atoms with Crippen LogP contribution in [0.4, 0.5) is 18.0 Å². The molecule has 4 nitrogen and oxygen atoms in total. The van der Waals surface area contributed by atoms with Gasteiger partial charge < -0.3 is 14.5 Å². The second kappa shape index (κ2) is 10.3. The monoisotopic (exact) mass is 495 g/mol. The molecule has 3 aliphatic rings. The third-order valence-electron chi connectivity index (χ3n) is 7.72. The minimum atomic E-state index is -0.931. The zero-order chi connectivity index (χ0) is 25.1. The first-order valence-electron chi connectivity index (χ1n) is 12.5. The van der Waals surface area contributed by atoms with Gasteiger partial charge in [0, 0.05) is 19.3 Å². The van der Waals surface area contributed by atoms with Crippen LogP contribution in [0.5, 0.6) is 0 Å². The lowest BCUT2D eigenvalue weighted by Crippen LogP contribution is -2.67. The summed E-state index contributed by atoms with van der Waals surface area (Å²) >= 11 is 0. The number of carbonyl (C=O) groups excluding carboxylic acids is 1. The number of amides is 1. The number of ether oxygens (including phenoxy) is 1. The van der Waals surface area contributed by atoms with E-state index in [0.717, 1.165) is 55.5 Å². The van der Waals surface area contributed by atoms with Gasteiger partial charge in [-0.3, -0.25) is 0 Å². The molecule has 6 rings (SSSR count). The van der Waals surface area contributed by atoms with Crippen molar-refractivity contribution in [3.8, 4) is 0 Å². The summed E-state index contributed by atoms with van der Waals surface area (Å²) in [6, 6.07) is 18.2. The maximum Gasteiger partial charge on any atom is 0.408 e. The van der Waals surface area contributed by atoms with Gasteiger partial charge in [-0.2, -0.15) is 0 Å². The van der Waals surface area contributed by atoms with Crippen LogP contribution in [0.3, 0.4) is 0 Å². The highest BCUT2D eigenvalue weighted by atomic mass is 19.1. The van der Waals surface area contributed by atoms with Crippen LogP contribution in [0.15, 0.2) is 72.8 Å². The van der Waals surface area contributed by atoms with E-state index in [0.29, 0.717) is 17.0 Å². The van der Waals surface area contributed by atoms with Gasteiger partial charge in [-0.25, -0.2) is 18.0 Å². The van der Waals surface area contributed by atoms with E-state index in [1.807, 2.05) is 12.1 Å². The number of halogens is 3. The largest absolute Gasteiger partial charge is 0.436 e. The number of benzene rings is 3. The third-order valence-corrected chi connectivity index (χ3v) is 7.72. The molecule has 3 aromatic rings. The van der Waals surface area contributed by atoms with Crippen molar-refractivity contribution in [3.63, 3.8) is 0 Å². The van der Waals surface area contributed by atoms with E-state index in [-0.39, 0.29) is 11.9 Å². The minimum absolute atomic E-state index is 0.0334. The number of quaternary nitrogens is 1. The van der Waals surface area contributed by atoms with Gasteiger partial charge in [-0.15, -0.1) is 0 Å². The molecule has 3 aromatic carbocycles. The van der Waals surface area contributed by atoms with Gasteiger partial charge in [-0.05, 0) is 59.0 Å². The topological polar surface area (TPSA) is 38.3 Å². The van der Waals surface area contributed by atoms with Crippen LogP contribution in [0.1, 0.15) is 35.6 Å². The summed E-state index contributed by atoms with van der Waals surface area (Å²) in [4.78, 5) is 13.1. The fourth-order valence-corrected chi connectivity index (χ4v) is 5.74. The van der Waals surface area contributed by atoms with Crippen LogP contribution < -0.4 is 5.32 Å². The molecule has 36 heavy (non-hydrogen) atoms. The average Bonchev–Trinajstić information content (AvgIpc) is 2.88.